The Morgan fingerprint density at radius 1 is 1.06 bits per heavy atom. The van der Waals surface area contributed by atoms with E-state index in [2.05, 4.69) is 0 Å². The van der Waals surface area contributed by atoms with Crippen LogP contribution in [0.15, 0.2) is 18.2 Å². The smallest absolute Gasteiger partial charge is 0.325 e. The Kier molecular flexibility index (Phi) is 3.71. The molecule has 0 bridgehead atoms. The molecule has 1 rings (SSSR count). The van der Waals surface area contributed by atoms with E-state index in [4.69, 9.17) is 5.73 Å². The van der Waals surface area contributed by atoms with Crippen molar-refractivity contribution >= 4 is 0 Å². The van der Waals surface area contributed by atoms with Crippen molar-refractivity contribution in [3.05, 3.63) is 35.1 Å². The van der Waals surface area contributed by atoms with E-state index in [1.807, 2.05) is 0 Å². The maximum Gasteiger partial charge on any atom is 0.419 e. The molecule has 0 radical (unpaired) electrons. The van der Waals surface area contributed by atoms with Gasteiger partial charge in [0.05, 0.1) is 12.1 Å². The van der Waals surface area contributed by atoms with Crippen LogP contribution in [0.2, 0.25) is 0 Å². The van der Waals surface area contributed by atoms with Gasteiger partial charge in [0.15, 0.2) is 0 Å². The van der Waals surface area contributed by atoms with Gasteiger partial charge in [-0.2, -0.15) is 13.2 Å². The molecule has 0 saturated heterocycles. The van der Waals surface area contributed by atoms with Crippen LogP contribution in [0.25, 0.3) is 0 Å². The van der Waals surface area contributed by atoms with Gasteiger partial charge in [0.1, 0.15) is 5.82 Å². The molecule has 0 amide bonds. The zero-order chi connectivity index (χ0) is 13.3. The minimum atomic E-state index is -4.90. The zero-order valence-corrected chi connectivity index (χ0v) is 8.49. The first kappa shape index (κ1) is 13.8. The fraction of sp³-hybridized carbons (Fsp3) is 0.400. The second-order valence-corrected chi connectivity index (χ2v) is 3.55. The molecule has 1 nitrogen and oxygen atoms in total. The molecule has 0 heterocycles. The summed E-state index contributed by atoms with van der Waals surface area (Å²) in [6.07, 6.45) is -5.86. The lowest BCUT2D eigenvalue weighted by molar-refractivity contribution is -0.140. The lowest BCUT2D eigenvalue weighted by atomic mass is 10.0. The standard InChI is InChI=1S/C10H9F6N/c11-8-2-1-6(4-9(12,13)5-17)3-7(8)10(14,15)16/h1-3H,4-5,17H2. The predicted molar refractivity (Wildman–Crippen MR) is 49.1 cm³/mol. The first-order valence-electron chi connectivity index (χ1n) is 4.59. The van der Waals surface area contributed by atoms with Gasteiger partial charge in [0.25, 0.3) is 5.92 Å². The second kappa shape index (κ2) is 4.56. The molecule has 0 aromatic heterocycles. The third-order valence-electron chi connectivity index (χ3n) is 2.10. The van der Waals surface area contributed by atoms with E-state index in [1.165, 1.54) is 0 Å². The topological polar surface area (TPSA) is 26.0 Å². The highest BCUT2D eigenvalue weighted by molar-refractivity contribution is 5.28. The third-order valence-corrected chi connectivity index (χ3v) is 2.10. The summed E-state index contributed by atoms with van der Waals surface area (Å²) in [7, 11) is 0. The highest BCUT2D eigenvalue weighted by Gasteiger charge is 2.35. The molecule has 0 atom stereocenters. The summed E-state index contributed by atoms with van der Waals surface area (Å²) in [5.41, 5.74) is 2.90. The van der Waals surface area contributed by atoms with Crippen LogP contribution in [0, 0.1) is 5.82 Å². The number of benzene rings is 1. The molecular formula is C10H9F6N. The first-order chi connectivity index (χ1) is 7.65. The van der Waals surface area contributed by atoms with Crippen LogP contribution in [0.3, 0.4) is 0 Å². The van der Waals surface area contributed by atoms with Crippen LogP contribution in [0.1, 0.15) is 11.1 Å². The van der Waals surface area contributed by atoms with Crippen molar-refractivity contribution in [3.63, 3.8) is 0 Å². The van der Waals surface area contributed by atoms with Gasteiger partial charge in [-0.1, -0.05) is 6.07 Å². The molecule has 7 heteroatoms. The van der Waals surface area contributed by atoms with Gasteiger partial charge in [-0.25, -0.2) is 13.2 Å². The average Bonchev–Trinajstić information content (AvgIpc) is 2.19. The highest BCUT2D eigenvalue weighted by Crippen LogP contribution is 2.32. The molecule has 0 spiro atoms. The molecule has 0 unspecified atom stereocenters. The Hall–Kier alpha value is -1.24. The number of nitrogens with two attached hydrogens (primary N) is 1. The molecule has 17 heavy (non-hydrogen) atoms. The van der Waals surface area contributed by atoms with Gasteiger partial charge < -0.3 is 5.73 Å². The predicted octanol–water partition coefficient (Wildman–Crippen LogP) is 2.98. The van der Waals surface area contributed by atoms with Crippen LogP contribution >= 0.6 is 0 Å². The summed E-state index contributed by atoms with van der Waals surface area (Å²) in [6, 6.07) is 1.78. The summed E-state index contributed by atoms with van der Waals surface area (Å²) in [5, 5.41) is 0. The minimum absolute atomic E-state index is 0.311. The third kappa shape index (κ3) is 3.62. The van der Waals surface area contributed by atoms with E-state index >= 15 is 0 Å². The Morgan fingerprint density at radius 2 is 1.65 bits per heavy atom. The fourth-order valence-corrected chi connectivity index (χ4v) is 1.27. The normalized spacial score (nSPS) is 12.9. The van der Waals surface area contributed by atoms with Crippen molar-refractivity contribution in [2.24, 2.45) is 5.73 Å². The molecule has 0 saturated carbocycles. The van der Waals surface area contributed by atoms with E-state index in [1.54, 1.807) is 0 Å². The molecule has 1 aromatic rings. The van der Waals surface area contributed by atoms with Gasteiger partial charge in [0.2, 0.25) is 0 Å². The number of hydrogen-bond donors (Lipinski definition) is 1. The minimum Gasteiger partial charge on any atom is -0.325 e. The van der Waals surface area contributed by atoms with Crippen molar-refractivity contribution in [2.45, 2.75) is 18.5 Å². The summed E-state index contributed by atoms with van der Waals surface area (Å²) >= 11 is 0. The highest BCUT2D eigenvalue weighted by atomic mass is 19.4. The maximum absolute atomic E-state index is 12.9. The van der Waals surface area contributed by atoms with Crippen molar-refractivity contribution in [1.82, 2.24) is 0 Å². The zero-order valence-electron chi connectivity index (χ0n) is 8.49. The van der Waals surface area contributed by atoms with Crippen LogP contribution in [0.5, 0.6) is 0 Å². The van der Waals surface area contributed by atoms with E-state index in [0.29, 0.717) is 12.1 Å². The Bertz CT molecular complexity index is 398. The van der Waals surface area contributed by atoms with Crippen molar-refractivity contribution in [2.75, 3.05) is 6.54 Å². The van der Waals surface area contributed by atoms with Gasteiger partial charge in [0, 0.05) is 6.42 Å². The van der Waals surface area contributed by atoms with Crippen LogP contribution in [-0.4, -0.2) is 12.5 Å². The van der Waals surface area contributed by atoms with E-state index in [9.17, 15) is 26.3 Å². The van der Waals surface area contributed by atoms with Gasteiger partial charge in [-0.05, 0) is 17.7 Å². The molecule has 1 aromatic carbocycles. The van der Waals surface area contributed by atoms with E-state index in [0.717, 1.165) is 6.07 Å². The van der Waals surface area contributed by atoms with Crippen LogP contribution in [0.4, 0.5) is 26.3 Å². The quantitative estimate of drug-likeness (QED) is 0.828. The van der Waals surface area contributed by atoms with Gasteiger partial charge >= 0.3 is 6.18 Å². The molecule has 96 valence electrons. The van der Waals surface area contributed by atoms with Crippen molar-refractivity contribution in [1.29, 1.82) is 0 Å². The Balaban J connectivity index is 3.06. The van der Waals surface area contributed by atoms with Crippen molar-refractivity contribution < 1.29 is 26.3 Å². The Morgan fingerprint density at radius 3 is 2.12 bits per heavy atom. The second-order valence-electron chi connectivity index (χ2n) is 3.55. The molecule has 0 aliphatic carbocycles. The lowest BCUT2D eigenvalue weighted by Gasteiger charge is -2.15. The summed E-state index contributed by atoms with van der Waals surface area (Å²) in [6.45, 7) is -0.980. The largest absolute Gasteiger partial charge is 0.419 e. The fourth-order valence-electron chi connectivity index (χ4n) is 1.27. The van der Waals surface area contributed by atoms with Gasteiger partial charge in [-0.3, -0.25) is 0 Å². The van der Waals surface area contributed by atoms with E-state index in [-0.39, 0.29) is 5.56 Å². The molecule has 0 aliphatic heterocycles. The maximum atomic E-state index is 12.9. The van der Waals surface area contributed by atoms with E-state index < -0.39 is 36.4 Å². The average molecular weight is 257 g/mol. The number of hydrogen-bond acceptors (Lipinski definition) is 1. The van der Waals surface area contributed by atoms with Gasteiger partial charge in [-0.15, -0.1) is 0 Å². The monoisotopic (exact) mass is 257 g/mol. The molecule has 2 N–H and O–H groups in total. The first-order valence-corrected chi connectivity index (χ1v) is 4.59. The number of rotatable bonds is 3. The summed E-state index contributed by atoms with van der Waals surface area (Å²) in [4.78, 5) is 0. The molecular weight excluding hydrogens is 248 g/mol. The molecule has 0 aliphatic rings. The Labute approximate surface area is 93.2 Å². The number of halogens is 6. The van der Waals surface area contributed by atoms with Crippen molar-refractivity contribution in [3.8, 4) is 0 Å². The number of alkyl halides is 5. The van der Waals surface area contributed by atoms with Crippen LogP contribution in [-0.2, 0) is 12.6 Å². The molecule has 0 fully saturated rings. The summed E-state index contributed by atoms with van der Waals surface area (Å²) < 4.78 is 75.5. The summed E-state index contributed by atoms with van der Waals surface area (Å²) in [5.74, 6) is -4.79. The lowest BCUT2D eigenvalue weighted by Crippen LogP contribution is -2.30. The SMILES string of the molecule is NCC(F)(F)Cc1ccc(F)c(C(F)(F)F)c1. The van der Waals surface area contributed by atoms with Crippen LogP contribution < -0.4 is 5.73 Å².